The molecule has 0 bridgehead atoms. The zero-order chi connectivity index (χ0) is 15.5. The number of aliphatic hydroxyl groups is 3. The molecular weight excluding hydrogens is 282 g/mol. The maximum Gasteiger partial charge on any atom is 0.113 e. The topological polar surface area (TPSA) is 91.4 Å². The fourth-order valence-corrected chi connectivity index (χ4v) is 3.46. The lowest BCUT2D eigenvalue weighted by Crippen LogP contribution is -2.25. The highest BCUT2D eigenvalue weighted by molar-refractivity contribution is 5.57. The third kappa shape index (κ3) is 2.77. The molecular formula is C16H21N3O3. The van der Waals surface area contributed by atoms with Crippen molar-refractivity contribution in [1.82, 2.24) is 15.0 Å². The van der Waals surface area contributed by atoms with Gasteiger partial charge in [-0.1, -0.05) is 35.5 Å². The lowest BCUT2D eigenvalue weighted by molar-refractivity contribution is 0.0758. The highest BCUT2D eigenvalue weighted by Gasteiger charge is 2.43. The van der Waals surface area contributed by atoms with Crippen molar-refractivity contribution in [2.75, 3.05) is 13.2 Å². The third-order valence-corrected chi connectivity index (χ3v) is 4.61. The molecule has 1 aliphatic carbocycles. The molecule has 118 valence electrons. The van der Waals surface area contributed by atoms with E-state index in [0.717, 1.165) is 11.3 Å². The number of hydrogen-bond donors (Lipinski definition) is 3. The molecule has 2 aromatic rings. The minimum atomic E-state index is -0.529. The summed E-state index contributed by atoms with van der Waals surface area (Å²) in [6.07, 6.45) is 2.34. The van der Waals surface area contributed by atoms with E-state index in [0.29, 0.717) is 12.8 Å². The summed E-state index contributed by atoms with van der Waals surface area (Å²) < 4.78 is 1.74. The van der Waals surface area contributed by atoms with E-state index < -0.39 is 6.10 Å². The summed E-state index contributed by atoms with van der Waals surface area (Å²) in [7, 11) is 0. The molecule has 1 aromatic heterocycles. The Kier molecular flexibility index (Phi) is 4.52. The largest absolute Gasteiger partial charge is 0.396 e. The number of benzene rings is 1. The third-order valence-electron chi connectivity index (χ3n) is 4.61. The molecule has 1 heterocycles. The first-order valence-corrected chi connectivity index (χ1v) is 7.61. The van der Waals surface area contributed by atoms with Crippen LogP contribution in [0.3, 0.4) is 0 Å². The van der Waals surface area contributed by atoms with E-state index in [1.807, 2.05) is 36.5 Å². The van der Waals surface area contributed by atoms with Crippen molar-refractivity contribution < 1.29 is 15.3 Å². The van der Waals surface area contributed by atoms with Gasteiger partial charge in [-0.05, 0) is 18.8 Å². The van der Waals surface area contributed by atoms with E-state index in [1.54, 1.807) is 4.68 Å². The minimum absolute atomic E-state index is 0.0115. The zero-order valence-electron chi connectivity index (χ0n) is 12.3. The number of nitrogens with zero attached hydrogens (tertiary/aromatic N) is 3. The van der Waals surface area contributed by atoms with Crippen LogP contribution in [-0.2, 0) is 0 Å². The van der Waals surface area contributed by atoms with Gasteiger partial charge in [0.25, 0.3) is 0 Å². The van der Waals surface area contributed by atoms with E-state index in [9.17, 15) is 10.2 Å². The van der Waals surface area contributed by atoms with Crippen molar-refractivity contribution in [2.45, 2.75) is 25.0 Å². The summed E-state index contributed by atoms with van der Waals surface area (Å²) in [5, 5.41) is 37.4. The van der Waals surface area contributed by atoms with Crippen LogP contribution in [0.1, 0.15) is 18.9 Å². The van der Waals surface area contributed by atoms with E-state index >= 15 is 0 Å². The van der Waals surface area contributed by atoms with Gasteiger partial charge in [-0.3, -0.25) is 0 Å². The standard InChI is InChI=1S/C16H21N3O3/c20-7-6-12-13(10-21)15(8-16(12)22)19-9-14(17-18-19)11-4-2-1-3-5-11/h1-5,9,12-13,15-16,20-22H,6-8,10H2/t12-,13-,15+,16+/m1/s1. The van der Waals surface area contributed by atoms with Crippen LogP contribution in [0, 0.1) is 11.8 Å². The molecule has 1 saturated carbocycles. The normalized spacial score (nSPS) is 28.1. The molecule has 1 aliphatic rings. The molecule has 6 heteroatoms. The van der Waals surface area contributed by atoms with Crippen LogP contribution >= 0.6 is 0 Å². The van der Waals surface area contributed by atoms with Crippen LogP contribution in [0.2, 0.25) is 0 Å². The molecule has 4 atom stereocenters. The Balaban J connectivity index is 1.84. The van der Waals surface area contributed by atoms with Crippen molar-refractivity contribution in [1.29, 1.82) is 0 Å². The average Bonchev–Trinajstić information content (AvgIpc) is 3.14. The fourth-order valence-electron chi connectivity index (χ4n) is 3.46. The number of hydrogen-bond acceptors (Lipinski definition) is 5. The van der Waals surface area contributed by atoms with Gasteiger partial charge in [0.15, 0.2) is 0 Å². The maximum atomic E-state index is 10.2. The van der Waals surface area contributed by atoms with Gasteiger partial charge in [0.05, 0.1) is 18.3 Å². The lowest BCUT2D eigenvalue weighted by Gasteiger charge is -2.22. The first-order chi connectivity index (χ1) is 10.7. The molecule has 6 nitrogen and oxygen atoms in total. The molecule has 0 radical (unpaired) electrons. The number of rotatable bonds is 5. The Morgan fingerprint density at radius 2 is 1.91 bits per heavy atom. The molecule has 1 fully saturated rings. The number of aliphatic hydroxyl groups excluding tert-OH is 3. The van der Waals surface area contributed by atoms with Gasteiger partial charge in [0.2, 0.25) is 0 Å². The van der Waals surface area contributed by atoms with Gasteiger partial charge >= 0.3 is 0 Å². The Labute approximate surface area is 129 Å². The van der Waals surface area contributed by atoms with Crippen LogP contribution in [-0.4, -0.2) is 49.6 Å². The van der Waals surface area contributed by atoms with E-state index in [4.69, 9.17) is 5.11 Å². The fraction of sp³-hybridized carbons (Fsp3) is 0.500. The monoisotopic (exact) mass is 303 g/mol. The Morgan fingerprint density at radius 1 is 1.14 bits per heavy atom. The van der Waals surface area contributed by atoms with Crippen LogP contribution in [0.15, 0.2) is 36.5 Å². The van der Waals surface area contributed by atoms with Crippen LogP contribution in [0.5, 0.6) is 0 Å². The van der Waals surface area contributed by atoms with E-state index in [1.165, 1.54) is 0 Å². The van der Waals surface area contributed by atoms with Crippen molar-refractivity contribution in [3.8, 4) is 11.3 Å². The predicted octanol–water partition coefficient (Wildman–Crippen LogP) is 0.858. The first-order valence-electron chi connectivity index (χ1n) is 7.61. The molecule has 0 amide bonds. The minimum Gasteiger partial charge on any atom is -0.396 e. The molecule has 0 unspecified atom stereocenters. The molecule has 0 saturated heterocycles. The lowest BCUT2D eigenvalue weighted by atomic mass is 9.91. The van der Waals surface area contributed by atoms with Gasteiger partial charge in [-0.25, -0.2) is 4.68 Å². The van der Waals surface area contributed by atoms with Crippen molar-refractivity contribution in [2.24, 2.45) is 11.8 Å². The van der Waals surface area contributed by atoms with E-state index in [-0.39, 0.29) is 31.1 Å². The van der Waals surface area contributed by atoms with Gasteiger partial charge in [-0.2, -0.15) is 0 Å². The predicted molar refractivity (Wildman–Crippen MR) is 80.9 cm³/mol. The summed E-state index contributed by atoms with van der Waals surface area (Å²) >= 11 is 0. The maximum absolute atomic E-state index is 10.2. The zero-order valence-corrected chi connectivity index (χ0v) is 12.3. The highest BCUT2D eigenvalue weighted by Crippen LogP contribution is 2.41. The summed E-state index contributed by atoms with van der Waals surface area (Å²) in [5.74, 6) is -0.225. The smallest absolute Gasteiger partial charge is 0.113 e. The quantitative estimate of drug-likeness (QED) is 0.762. The second kappa shape index (κ2) is 6.56. The summed E-state index contributed by atoms with van der Waals surface area (Å²) in [6, 6.07) is 9.68. The Morgan fingerprint density at radius 3 is 2.59 bits per heavy atom. The molecule has 3 rings (SSSR count). The van der Waals surface area contributed by atoms with Crippen LogP contribution in [0.4, 0.5) is 0 Å². The molecule has 0 spiro atoms. The first kappa shape index (κ1) is 15.1. The van der Waals surface area contributed by atoms with Gasteiger partial charge in [0.1, 0.15) is 5.69 Å². The van der Waals surface area contributed by atoms with Gasteiger partial charge < -0.3 is 15.3 Å². The summed E-state index contributed by atoms with van der Waals surface area (Å²) in [4.78, 5) is 0. The molecule has 0 aliphatic heterocycles. The average molecular weight is 303 g/mol. The molecule has 1 aromatic carbocycles. The summed E-state index contributed by atoms with van der Waals surface area (Å²) in [6.45, 7) is -0.0233. The molecule has 3 N–H and O–H groups in total. The SMILES string of the molecule is OCC[C@@H]1[C@@H](CO)[C@@H](n2cc(-c3ccccc3)nn2)C[C@@H]1O. The van der Waals surface area contributed by atoms with Crippen LogP contribution < -0.4 is 0 Å². The highest BCUT2D eigenvalue weighted by atomic mass is 16.3. The summed E-state index contributed by atoms with van der Waals surface area (Å²) in [5.41, 5.74) is 1.76. The van der Waals surface area contributed by atoms with Gasteiger partial charge in [-0.15, -0.1) is 5.10 Å². The number of aromatic nitrogens is 3. The van der Waals surface area contributed by atoms with E-state index in [2.05, 4.69) is 10.3 Å². The van der Waals surface area contributed by atoms with Crippen LogP contribution in [0.25, 0.3) is 11.3 Å². The van der Waals surface area contributed by atoms with Crippen molar-refractivity contribution in [3.63, 3.8) is 0 Å². The van der Waals surface area contributed by atoms with Gasteiger partial charge in [0, 0.05) is 24.7 Å². The molecule has 22 heavy (non-hydrogen) atoms. The van der Waals surface area contributed by atoms with Crippen molar-refractivity contribution >= 4 is 0 Å². The second-order valence-electron chi connectivity index (χ2n) is 5.84. The Hall–Kier alpha value is -1.76. The second-order valence-corrected chi connectivity index (χ2v) is 5.84. The Bertz CT molecular complexity index is 602. The van der Waals surface area contributed by atoms with Crippen molar-refractivity contribution in [3.05, 3.63) is 36.5 Å².